The van der Waals surface area contributed by atoms with E-state index < -0.39 is 11.7 Å². The zero-order valence-electron chi connectivity index (χ0n) is 11.0. The Balaban J connectivity index is 1.83. The van der Waals surface area contributed by atoms with Gasteiger partial charge in [-0.15, -0.1) is 0 Å². The van der Waals surface area contributed by atoms with Crippen molar-refractivity contribution in [3.63, 3.8) is 0 Å². The van der Waals surface area contributed by atoms with Gasteiger partial charge in [0, 0.05) is 30.6 Å². The molecule has 0 saturated heterocycles. The number of nitrogens with zero attached hydrogens (tertiary/aromatic N) is 2. The maximum Gasteiger partial charge on any atom is 0.248 e. The summed E-state index contributed by atoms with van der Waals surface area (Å²) in [7, 11) is 0. The summed E-state index contributed by atoms with van der Waals surface area (Å²) in [6, 6.07) is 4.18. The molecule has 2 aromatic rings. The Morgan fingerprint density at radius 2 is 2.30 bits per heavy atom. The van der Waals surface area contributed by atoms with Crippen LogP contribution in [0.3, 0.4) is 0 Å². The molecule has 6 nitrogen and oxygen atoms in total. The van der Waals surface area contributed by atoms with Crippen molar-refractivity contribution < 1.29 is 13.7 Å². The number of aromatic nitrogens is 2. The van der Waals surface area contributed by atoms with Gasteiger partial charge in [0.25, 0.3) is 0 Å². The molecule has 1 heterocycles. The number of rotatable bonds is 6. The molecule has 0 bridgehead atoms. The Morgan fingerprint density at radius 1 is 1.50 bits per heavy atom. The molecule has 0 unspecified atom stereocenters. The molecule has 1 aromatic carbocycles. The van der Waals surface area contributed by atoms with Crippen molar-refractivity contribution in [3.8, 4) is 0 Å². The maximum atomic E-state index is 13.7. The standard InChI is InChI=1S/C13H15FN4O2/c1-8-17-12(20-18-8)4-5-16-7-10-3-2-9(13(15)19)6-11(10)14/h2-3,6,16H,4-5,7H2,1H3,(H2,15,19). The van der Waals surface area contributed by atoms with E-state index in [4.69, 9.17) is 10.3 Å². The van der Waals surface area contributed by atoms with Gasteiger partial charge in [0.15, 0.2) is 5.82 Å². The highest BCUT2D eigenvalue weighted by Gasteiger charge is 2.07. The number of nitrogens with one attached hydrogen (secondary N) is 1. The molecule has 106 valence electrons. The minimum atomic E-state index is -0.643. The van der Waals surface area contributed by atoms with E-state index in [2.05, 4.69) is 15.5 Å². The molecule has 20 heavy (non-hydrogen) atoms. The molecule has 3 N–H and O–H groups in total. The fraction of sp³-hybridized carbons (Fsp3) is 0.308. The molecule has 0 spiro atoms. The lowest BCUT2D eigenvalue weighted by molar-refractivity contribution is 0.1000. The van der Waals surface area contributed by atoms with Crippen LogP contribution in [-0.4, -0.2) is 22.6 Å². The fourth-order valence-electron chi connectivity index (χ4n) is 1.70. The first-order chi connectivity index (χ1) is 9.56. The Labute approximate surface area is 115 Å². The van der Waals surface area contributed by atoms with Crippen LogP contribution in [0.15, 0.2) is 22.7 Å². The van der Waals surface area contributed by atoms with Crippen molar-refractivity contribution >= 4 is 5.91 Å². The van der Waals surface area contributed by atoms with Crippen LogP contribution >= 0.6 is 0 Å². The molecular formula is C13H15FN4O2. The van der Waals surface area contributed by atoms with E-state index in [1.165, 1.54) is 6.07 Å². The second-order valence-corrected chi connectivity index (χ2v) is 4.33. The van der Waals surface area contributed by atoms with E-state index in [0.717, 1.165) is 6.07 Å². The number of hydrogen-bond donors (Lipinski definition) is 2. The van der Waals surface area contributed by atoms with E-state index >= 15 is 0 Å². The number of benzene rings is 1. The van der Waals surface area contributed by atoms with E-state index in [-0.39, 0.29) is 5.56 Å². The van der Waals surface area contributed by atoms with Crippen LogP contribution in [0.2, 0.25) is 0 Å². The molecule has 0 saturated carbocycles. The van der Waals surface area contributed by atoms with Gasteiger partial charge in [0.05, 0.1) is 0 Å². The molecule has 0 atom stereocenters. The van der Waals surface area contributed by atoms with Crippen molar-refractivity contribution in [1.29, 1.82) is 0 Å². The highest BCUT2D eigenvalue weighted by Crippen LogP contribution is 2.10. The average Bonchev–Trinajstić information content (AvgIpc) is 2.81. The molecule has 2 rings (SSSR count). The summed E-state index contributed by atoms with van der Waals surface area (Å²) in [5.41, 5.74) is 5.71. The number of nitrogens with two attached hydrogens (primary N) is 1. The second kappa shape index (κ2) is 6.25. The van der Waals surface area contributed by atoms with Gasteiger partial charge in [-0.2, -0.15) is 4.98 Å². The van der Waals surface area contributed by atoms with Crippen LogP contribution in [0, 0.1) is 12.7 Å². The topological polar surface area (TPSA) is 94.0 Å². The van der Waals surface area contributed by atoms with E-state index in [1.807, 2.05) is 0 Å². The summed E-state index contributed by atoms with van der Waals surface area (Å²) >= 11 is 0. The van der Waals surface area contributed by atoms with Crippen molar-refractivity contribution in [1.82, 2.24) is 15.5 Å². The summed E-state index contributed by atoms with van der Waals surface area (Å²) in [6.45, 7) is 2.67. The largest absolute Gasteiger partial charge is 0.366 e. The predicted octanol–water partition coefficient (Wildman–Crippen LogP) is 0.948. The van der Waals surface area contributed by atoms with Gasteiger partial charge in [0.2, 0.25) is 11.8 Å². The van der Waals surface area contributed by atoms with Crippen molar-refractivity contribution in [3.05, 3.63) is 46.9 Å². The molecular weight excluding hydrogens is 263 g/mol. The molecule has 7 heteroatoms. The van der Waals surface area contributed by atoms with Crippen LogP contribution in [0.25, 0.3) is 0 Å². The zero-order valence-corrected chi connectivity index (χ0v) is 11.0. The smallest absolute Gasteiger partial charge is 0.248 e. The average molecular weight is 278 g/mol. The van der Waals surface area contributed by atoms with E-state index in [0.29, 0.717) is 36.8 Å². The van der Waals surface area contributed by atoms with Crippen molar-refractivity contribution in [2.24, 2.45) is 5.73 Å². The molecule has 0 aliphatic heterocycles. The lowest BCUT2D eigenvalue weighted by Crippen LogP contribution is -2.18. The summed E-state index contributed by atoms with van der Waals surface area (Å²) < 4.78 is 18.6. The Morgan fingerprint density at radius 3 is 2.90 bits per heavy atom. The minimum Gasteiger partial charge on any atom is -0.366 e. The number of primary amides is 1. The summed E-state index contributed by atoms with van der Waals surface area (Å²) in [5, 5.41) is 6.74. The number of halogens is 1. The van der Waals surface area contributed by atoms with Gasteiger partial charge in [-0.25, -0.2) is 4.39 Å². The Hall–Kier alpha value is -2.28. The highest BCUT2D eigenvalue weighted by atomic mass is 19.1. The molecule has 0 radical (unpaired) electrons. The number of aryl methyl sites for hydroxylation is 1. The number of amides is 1. The zero-order chi connectivity index (χ0) is 14.5. The van der Waals surface area contributed by atoms with Gasteiger partial charge < -0.3 is 15.6 Å². The lowest BCUT2D eigenvalue weighted by Gasteiger charge is -2.05. The van der Waals surface area contributed by atoms with Crippen LogP contribution in [0.5, 0.6) is 0 Å². The van der Waals surface area contributed by atoms with Gasteiger partial charge in [-0.05, 0) is 19.1 Å². The number of carbonyl (C=O) groups excluding carboxylic acids is 1. The van der Waals surface area contributed by atoms with Gasteiger partial charge in [0.1, 0.15) is 5.82 Å². The third kappa shape index (κ3) is 3.61. The van der Waals surface area contributed by atoms with Crippen molar-refractivity contribution in [2.45, 2.75) is 19.9 Å². The highest BCUT2D eigenvalue weighted by molar-refractivity contribution is 5.92. The molecule has 0 aliphatic carbocycles. The van der Waals surface area contributed by atoms with Gasteiger partial charge in [-0.1, -0.05) is 11.2 Å². The first-order valence-corrected chi connectivity index (χ1v) is 6.14. The number of hydrogen-bond acceptors (Lipinski definition) is 5. The fourth-order valence-corrected chi connectivity index (χ4v) is 1.70. The summed E-state index contributed by atoms with van der Waals surface area (Å²) in [4.78, 5) is 15.0. The SMILES string of the molecule is Cc1noc(CCNCc2ccc(C(N)=O)cc2F)n1. The summed E-state index contributed by atoms with van der Waals surface area (Å²) in [6.07, 6.45) is 0.571. The number of carbonyl (C=O) groups is 1. The maximum absolute atomic E-state index is 13.7. The van der Waals surface area contributed by atoms with Crippen LogP contribution < -0.4 is 11.1 Å². The van der Waals surface area contributed by atoms with Gasteiger partial charge >= 0.3 is 0 Å². The third-order valence-electron chi connectivity index (χ3n) is 2.74. The summed E-state index contributed by atoms with van der Waals surface area (Å²) in [5.74, 6) is 0.0326. The lowest BCUT2D eigenvalue weighted by atomic mass is 10.1. The normalized spacial score (nSPS) is 10.7. The quantitative estimate of drug-likeness (QED) is 0.767. The first kappa shape index (κ1) is 14.1. The minimum absolute atomic E-state index is 0.160. The van der Waals surface area contributed by atoms with Crippen LogP contribution in [0.1, 0.15) is 27.6 Å². The van der Waals surface area contributed by atoms with Crippen molar-refractivity contribution in [2.75, 3.05) is 6.54 Å². The molecule has 1 amide bonds. The van der Waals surface area contributed by atoms with Gasteiger partial charge in [-0.3, -0.25) is 4.79 Å². The first-order valence-electron chi connectivity index (χ1n) is 6.14. The predicted molar refractivity (Wildman–Crippen MR) is 69.4 cm³/mol. The second-order valence-electron chi connectivity index (χ2n) is 4.33. The van der Waals surface area contributed by atoms with Crippen LogP contribution in [0.4, 0.5) is 4.39 Å². The monoisotopic (exact) mass is 278 g/mol. The molecule has 0 aliphatic rings. The Kier molecular flexibility index (Phi) is 4.41. The van der Waals surface area contributed by atoms with E-state index in [1.54, 1.807) is 13.0 Å². The molecule has 1 aromatic heterocycles. The Bertz CT molecular complexity index is 612. The third-order valence-corrected chi connectivity index (χ3v) is 2.74. The van der Waals surface area contributed by atoms with Crippen LogP contribution in [-0.2, 0) is 13.0 Å². The molecule has 0 fully saturated rings. The van der Waals surface area contributed by atoms with E-state index in [9.17, 15) is 9.18 Å².